The van der Waals surface area contributed by atoms with Gasteiger partial charge in [0.15, 0.2) is 0 Å². The average Bonchev–Trinajstić information content (AvgIpc) is 2.99. The molecule has 1 amide bonds. The highest BCUT2D eigenvalue weighted by molar-refractivity contribution is 7.89. The number of anilines is 1. The number of benzene rings is 2. The van der Waals surface area contributed by atoms with Gasteiger partial charge in [-0.2, -0.15) is 0 Å². The van der Waals surface area contributed by atoms with Gasteiger partial charge in [0, 0.05) is 36.9 Å². The number of H-pyrrole nitrogens is 1. The van der Waals surface area contributed by atoms with E-state index < -0.39 is 10.0 Å². The minimum Gasteiger partial charge on any atom is -0.361 e. The highest BCUT2D eigenvalue weighted by Crippen LogP contribution is 2.23. The van der Waals surface area contributed by atoms with Crippen LogP contribution in [0.5, 0.6) is 0 Å². The maximum absolute atomic E-state index is 12.4. The van der Waals surface area contributed by atoms with Crippen LogP contribution in [0.15, 0.2) is 53.6 Å². The second kappa shape index (κ2) is 6.93. The minimum atomic E-state index is -3.57. The van der Waals surface area contributed by atoms with Crippen molar-refractivity contribution >= 4 is 32.5 Å². The van der Waals surface area contributed by atoms with Crippen LogP contribution in [-0.4, -0.2) is 37.7 Å². The molecule has 0 saturated carbocycles. The number of para-hydroxylation sites is 1. The summed E-state index contributed by atoms with van der Waals surface area (Å²) in [5.41, 5.74) is 2.96. The Hall–Kier alpha value is -2.64. The van der Waals surface area contributed by atoms with Crippen molar-refractivity contribution in [1.82, 2.24) is 9.29 Å². The molecule has 0 bridgehead atoms. The first-order chi connectivity index (χ1) is 12.3. The van der Waals surface area contributed by atoms with Crippen LogP contribution in [0.3, 0.4) is 0 Å². The van der Waals surface area contributed by atoms with Crippen molar-refractivity contribution in [3.63, 3.8) is 0 Å². The molecule has 1 aromatic heterocycles. The number of hydrogen-bond acceptors (Lipinski definition) is 3. The van der Waals surface area contributed by atoms with Gasteiger partial charge in [-0.05, 0) is 36.2 Å². The summed E-state index contributed by atoms with van der Waals surface area (Å²) < 4.78 is 26.0. The van der Waals surface area contributed by atoms with Gasteiger partial charge in [-0.25, -0.2) is 12.7 Å². The lowest BCUT2D eigenvalue weighted by Crippen LogP contribution is -2.23. The van der Waals surface area contributed by atoms with Crippen molar-refractivity contribution in [1.29, 1.82) is 0 Å². The van der Waals surface area contributed by atoms with Gasteiger partial charge in [0.25, 0.3) is 0 Å². The Morgan fingerprint density at radius 3 is 2.62 bits per heavy atom. The van der Waals surface area contributed by atoms with Crippen LogP contribution in [0.4, 0.5) is 5.69 Å². The predicted molar refractivity (Wildman–Crippen MR) is 103 cm³/mol. The van der Waals surface area contributed by atoms with E-state index in [-0.39, 0.29) is 17.2 Å². The van der Waals surface area contributed by atoms with Gasteiger partial charge in [0.2, 0.25) is 15.9 Å². The summed E-state index contributed by atoms with van der Waals surface area (Å²) in [5, 5.41) is 3.79. The fourth-order valence-electron chi connectivity index (χ4n) is 2.81. The van der Waals surface area contributed by atoms with Crippen molar-refractivity contribution in [2.45, 2.75) is 18.2 Å². The topological polar surface area (TPSA) is 82.3 Å². The third-order valence-electron chi connectivity index (χ3n) is 4.26. The molecule has 0 aliphatic rings. The third kappa shape index (κ3) is 3.49. The zero-order valence-corrected chi connectivity index (χ0v) is 15.7. The largest absolute Gasteiger partial charge is 0.361 e. The van der Waals surface area contributed by atoms with E-state index in [1.807, 2.05) is 30.5 Å². The highest BCUT2D eigenvalue weighted by atomic mass is 32.2. The van der Waals surface area contributed by atoms with Crippen LogP contribution in [0, 0.1) is 6.92 Å². The SMILES string of the molecule is Cc1ccc(NC(=O)Cc2c[nH]c3ccccc23)cc1S(=O)(=O)N(C)C. The van der Waals surface area contributed by atoms with Crippen LogP contribution in [0.25, 0.3) is 10.9 Å². The lowest BCUT2D eigenvalue weighted by atomic mass is 10.1. The standard InChI is InChI=1S/C19H21N3O3S/c1-13-8-9-15(11-18(13)26(24,25)22(2)3)21-19(23)10-14-12-20-17-7-5-4-6-16(14)17/h4-9,11-12,20H,10H2,1-3H3,(H,21,23). The van der Waals surface area contributed by atoms with Crippen molar-refractivity contribution < 1.29 is 13.2 Å². The van der Waals surface area contributed by atoms with E-state index >= 15 is 0 Å². The van der Waals surface area contributed by atoms with E-state index in [4.69, 9.17) is 0 Å². The van der Waals surface area contributed by atoms with E-state index in [1.54, 1.807) is 19.1 Å². The second-order valence-electron chi connectivity index (χ2n) is 6.35. The van der Waals surface area contributed by atoms with Gasteiger partial charge < -0.3 is 10.3 Å². The number of aryl methyl sites for hydroxylation is 1. The quantitative estimate of drug-likeness (QED) is 0.723. The fourth-order valence-corrected chi connectivity index (χ4v) is 3.95. The zero-order chi connectivity index (χ0) is 18.9. The van der Waals surface area contributed by atoms with Crippen molar-refractivity contribution in [2.75, 3.05) is 19.4 Å². The van der Waals surface area contributed by atoms with Gasteiger partial charge >= 0.3 is 0 Å². The molecule has 0 atom stereocenters. The molecule has 6 nitrogen and oxygen atoms in total. The fraction of sp³-hybridized carbons (Fsp3) is 0.211. The Bertz CT molecular complexity index is 1070. The molecule has 26 heavy (non-hydrogen) atoms. The summed E-state index contributed by atoms with van der Waals surface area (Å²) in [4.78, 5) is 15.7. The van der Waals surface area contributed by atoms with E-state index in [2.05, 4.69) is 10.3 Å². The molecule has 0 aliphatic carbocycles. The number of aromatic nitrogens is 1. The molecule has 2 aromatic carbocycles. The number of fused-ring (bicyclic) bond motifs is 1. The third-order valence-corrected chi connectivity index (χ3v) is 6.21. The number of aromatic amines is 1. The number of rotatable bonds is 5. The summed E-state index contributed by atoms with van der Waals surface area (Å²) in [7, 11) is -0.601. The van der Waals surface area contributed by atoms with Crippen LogP contribution in [0.1, 0.15) is 11.1 Å². The highest BCUT2D eigenvalue weighted by Gasteiger charge is 2.20. The summed E-state index contributed by atoms with van der Waals surface area (Å²) in [6.07, 6.45) is 2.02. The summed E-state index contributed by atoms with van der Waals surface area (Å²) in [6.45, 7) is 1.73. The molecular weight excluding hydrogens is 350 g/mol. The number of sulfonamides is 1. The Balaban J connectivity index is 1.82. The number of amides is 1. The number of carbonyl (C=O) groups is 1. The molecule has 2 N–H and O–H groups in total. The monoisotopic (exact) mass is 371 g/mol. The predicted octanol–water partition coefficient (Wildman–Crippen LogP) is 2.91. The number of hydrogen-bond donors (Lipinski definition) is 2. The first-order valence-corrected chi connectivity index (χ1v) is 9.61. The molecule has 136 valence electrons. The Kier molecular flexibility index (Phi) is 4.84. The second-order valence-corrected chi connectivity index (χ2v) is 8.47. The van der Waals surface area contributed by atoms with Gasteiger partial charge in [-0.1, -0.05) is 24.3 Å². The first-order valence-electron chi connectivity index (χ1n) is 8.17. The molecule has 0 radical (unpaired) electrons. The van der Waals surface area contributed by atoms with Gasteiger partial charge in [-0.15, -0.1) is 0 Å². The van der Waals surface area contributed by atoms with Gasteiger partial charge in [-0.3, -0.25) is 4.79 Å². The molecule has 0 aliphatic heterocycles. The van der Waals surface area contributed by atoms with Crippen LogP contribution < -0.4 is 5.32 Å². The molecule has 3 rings (SSSR count). The minimum absolute atomic E-state index is 0.187. The molecule has 1 heterocycles. The maximum atomic E-state index is 12.4. The smallest absolute Gasteiger partial charge is 0.242 e. The van der Waals surface area contributed by atoms with Crippen LogP contribution in [-0.2, 0) is 21.2 Å². The summed E-state index contributed by atoms with van der Waals surface area (Å²) >= 11 is 0. The number of nitrogens with zero attached hydrogens (tertiary/aromatic N) is 1. The number of nitrogens with one attached hydrogen (secondary N) is 2. The van der Waals surface area contributed by atoms with Crippen LogP contribution >= 0.6 is 0 Å². The lowest BCUT2D eigenvalue weighted by Gasteiger charge is -2.15. The van der Waals surface area contributed by atoms with Crippen molar-refractivity contribution in [2.24, 2.45) is 0 Å². The average molecular weight is 371 g/mol. The van der Waals surface area contributed by atoms with Gasteiger partial charge in [0.1, 0.15) is 0 Å². The molecular formula is C19H21N3O3S. The zero-order valence-electron chi connectivity index (χ0n) is 14.9. The Morgan fingerprint density at radius 2 is 1.88 bits per heavy atom. The van der Waals surface area contributed by atoms with E-state index in [0.29, 0.717) is 11.3 Å². The summed E-state index contributed by atoms with van der Waals surface area (Å²) in [5.74, 6) is -0.202. The van der Waals surface area contributed by atoms with E-state index in [0.717, 1.165) is 20.8 Å². The Labute approximate surface area is 152 Å². The molecule has 0 fully saturated rings. The Morgan fingerprint density at radius 1 is 1.15 bits per heavy atom. The summed E-state index contributed by atoms with van der Waals surface area (Å²) in [6, 6.07) is 12.7. The van der Waals surface area contributed by atoms with Crippen LogP contribution in [0.2, 0.25) is 0 Å². The van der Waals surface area contributed by atoms with Crippen molar-refractivity contribution in [3.8, 4) is 0 Å². The van der Waals surface area contributed by atoms with E-state index in [9.17, 15) is 13.2 Å². The molecule has 7 heteroatoms. The van der Waals surface area contributed by atoms with Crippen molar-refractivity contribution in [3.05, 3.63) is 59.8 Å². The molecule has 0 spiro atoms. The van der Waals surface area contributed by atoms with Gasteiger partial charge in [0.05, 0.1) is 11.3 Å². The molecule has 3 aromatic rings. The molecule has 0 saturated heterocycles. The maximum Gasteiger partial charge on any atom is 0.242 e. The normalized spacial score (nSPS) is 11.8. The van der Waals surface area contributed by atoms with E-state index in [1.165, 1.54) is 20.2 Å². The lowest BCUT2D eigenvalue weighted by molar-refractivity contribution is -0.115. The number of carbonyl (C=O) groups excluding carboxylic acids is 1. The molecule has 0 unspecified atom stereocenters. The first kappa shape index (κ1) is 18.2.